The zero-order valence-electron chi connectivity index (χ0n) is 22.5. The van der Waals surface area contributed by atoms with Crippen molar-refractivity contribution in [2.24, 2.45) is 5.92 Å². The second-order valence-electron chi connectivity index (χ2n) is 10.4. The molecule has 0 aliphatic carbocycles. The van der Waals surface area contributed by atoms with Crippen molar-refractivity contribution < 1.29 is 22.8 Å². The van der Waals surface area contributed by atoms with Crippen LogP contribution >= 0.6 is 0 Å². The first-order valence-electron chi connectivity index (χ1n) is 13.5. The maximum Gasteiger partial charge on any atom is 0.228 e. The molecule has 1 aromatic heterocycles. The van der Waals surface area contributed by atoms with Crippen molar-refractivity contribution in [1.82, 2.24) is 20.0 Å². The predicted molar refractivity (Wildman–Crippen MR) is 144 cm³/mol. The van der Waals surface area contributed by atoms with E-state index in [4.69, 9.17) is 5.26 Å². The van der Waals surface area contributed by atoms with Gasteiger partial charge in [0, 0.05) is 57.2 Å². The number of anilines is 1. The first-order valence-corrected chi connectivity index (χ1v) is 13.5. The van der Waals surface area contributed by atoms with E-state index in [9.17, 15) is 22.8 Å². The van der Waals surface area contributed by atoms with Crippen LogP contribution in [0.4, 0.5) is 19.0 Å². The van der Waals surface area contributed by atoms with E-state index in [2.05, 4.69) is 10.2 Å². The summed E-state index contributed by atoms with van der Waals surface area (Å²) in [6.45, 7) is 2.72. The fourth-order valence-electron chi connectivity index (χ4n) is 5.94. The third-order valence-corrected chi connectivity index (χ3v) is 7.96. The topological polar surface area (TPSA) is 93.4 Å². The largest absolute Gasteiger partial charge is 0.354 e. The number of aromatic nitrogens is 2. The van der Waals surface area contributed by atoms with Crippen molar-refractivity contribution in [3.8, 4) is 6.07 Å². The molecule has 2 saturated heterocycles. The average Bonchev–Trinajstić information content (AvgIpc) is 3.38. The van der Waals surface area contributed by atoms with Crippen molar-refractivity contribution in [2.45, 2.75) is 31.7 Å². The monoisotopic (exact) mass is 562 g/mol. The van der Waals surface area contributed by atoms with Gasteiger partial charge in [-0.05, 0) is 42.7 Å². The van der Waals surface area contributed by atoms with Crippen LogP contribution < -0.4 is 4.90 Å². The highest BCUT2D eigenvalue weighted by molar-refractivity contribution is 5.82. The molecule has 5 rings (SSSR count). The van der Waals surface area contributed by atoms with E-state index in [1.54, 1.807) is 34.1 Å². The van der Waals surface area contributed by atoms with Gasteiger partial charge in [0.05, 0.1) is 12.0 Å². The van der Waals surface area contributed by atoms with Crippen molar-refractivity contribution in [2.75, 3.05) is 37.6 Å². The van der Waals surface area contributed by atoms with Crippen LogP contribution in [0.25, 0.3) is 0 Å². The minimum atomic E-state index is -0.733. The van der Waals surface area contributed by atoms with E-state index in [1.807, 2.05) is 11.0 Å². The Bertz CT molecular complexity index is 1480. The minimum Gasteiger partial charge on any atom is -0.354 e. The molecule has 2 aromatic carbocycles. The van der Waals surface area contributed by atoms with Crippen LogP contribution in [-0.4, -0.2) is 64.5 Å². The highest BCUT2D eigenvalue weighted by atomic mass is 19.1. The first kappa shape index (κ1) is 28.1. The number of hydrogen-bond acceptors (Lipinski definition) is 6. The molecule has 41 heavy (non-hydrogen) atoms. The molecule has 1 unspecified atom stereocenters. The summed E-state index contributed by atoms with van der Waals surface area (Å²) in [4.78, 5) is 31.8. The highest BCUT2D eigenvalue weighted by Crippen LogP contribution is 2.38. The van der Waals surface area contributed by atoms with Crippen LogP contribution in [0.2, 0.25) is 0 Å². The summed E-state index contributed by atoms with van der Waals surface area (Å²) in [5, 5.41) is 17.0. The van der Waals surface area contributed by atoms with Crippen molar-refractivity contribution in [3.05, 3.63) is 88.9 Å². The van der Waals surface area contributed by atoms with Gasteiger partial charge in [-0.15, -0.1) is 10.2 Å². The molecular formula is C30H29F3N6O2. The lowest BCUT2D eigenvalue weighted by Gasteiger charge is -2.38. The molecule has 3 atom stereocenters. The van der Waals surface area contributed by atoms with Crippen molar-refractivity contribution >= 4 is 17.6 Å². The van der Waals surface area contributed by atoms with Gasteiger partial charge in [0.2, 0.25) is 11.8 Å². The molecule has 11 heteroatoms. The summed E-state index contributed by atoms with van der Waals surface area (Å²) >= 11 is 0. The van der Waals surface area contributed by atoms with Gasteiger partial charge in [-0.2, -0.15) is 5.26 Å². The Kier molecular flexibility index (Phi) is 8.19. The van der Waals surface area contributed by atoms with Crippen LogP contribution in [0.1, 0.15) is 48.5 Å². The average molecular weight is 563 g/mol. The fourth-order valence-corrected chi connectivity index (χ4v) is 5.94. The van der Waals surface area contributed by atoms with Gasteiger partial charge in [0.15, 0.2) is 11.5 Å². The zero-order valence-corrected chi connectivity index (χ0v) is 22.5. The van der Waals surface area contributed by atoms with Crippen LogP contribution in [-0.2, 0) is 9.59 Å². The molecule has 2 amide bonds. The predicted octanol–water partition coefficient (Wildman–Crippen LogP) is 4.20. The zero-order chi connectivity index (χ0) is 29.1. The molecule has 0 radical (unpaired) electrons. The SMILES string of the molecule is CC(=O)N1CCN(C(=O)[C@@H]2CN(c3ccc(C#N)nn3)C[C@H]2c2ccc(F)cc2F)CCCC1c1ccccc1F. The molecule has 0 bridgehead atoms. The summed E-state index contributed by atoms with van der Waals surface area (Å²) in [5.41, 5.74) is 0.821. The lowest BCUT2D eigenvalue weighted by atomic mass is 9.87. The number of benzene rings is 2. The molecule has 3 aromatic rings. The summed E-state index contributed by atoms with van der Waals surface area (Å²) in [5.74, 6) is -3.08. The van der Waals surface area contributed by atoms with Gasteiger partial charge in [-0.1, -0.05) is 24.3 Å². The lowest BCUT2D eigenvalue weighted by Crippen LogP contribution is -2.47. The number of rotatable bonds is 4. The van der Waals surface area contributed by atoms with E-state index in [1.165, 1.54) is 31.2 Å². The maximum absolute atomic E-state index is 15.0. The second-order valence-corrected chi connectivity index (χ2v) is 10.4. The van der Waals surface area contributed by atoms with E-state index >= 15 is 0 Å². The van der Waals surface area contributed by atoms with Crippen molar-refractivity contribution in [3.63, 3.8) is 0 Å². The molecule has 3 heterocycles. The van der Waals surface area contributed by atoms with E-state index in [0.717, 1.165) is 6.07 Å². The smallest absolute Gasteiger partial charge is 0.228 e. The summed E-state index contributed by atoms with van der Waals surface area (Å²) in [6, 6.07) is 14.4. The van der Waals surface area contributed by atoms with Gasteiger partial charge in [0.1, 0.15) is 23.5 Å². The van der Waals surface area contributed by atoms with Gasteiger partial charge in [0.25, 0.3) is 0 Å². The molecule has 2 aliphatic heterocycles. The van der Waals surface area contributed by atoms with Crippen LogP contribution in [0.3, 0.4) is 0 Å². The van der Waals surface area contributed by atoms with Crippen LogP contribution in [0.15, 0.2) is 54.6 Å². The quantitative estimate of drug-likeness (QED) is 0.473. The Hall–Kier alpha value is -4.46. The normalized spacial score (nSPS) is 21.2. The molecule has 2 fully saturated rings. The Morgan fingerprint density at radius 3 is 2.41 bits per heavy atom. The third-order valence-electron chi connectivity index (χ3n) is 7.96. The van der Waals surface area contributed by atoms with Gasteiger partial charge in [-0.25, -0.2) is 13.2 Å². The summed E-state index contributed by atoms with van der Waals surface area (Å²) in [6.07, 6.45) is 1.000. The molecule has 2 aliphatic rings. The highest BCUT2D eigenvalue weighted by Gasteiger charge is 2.42. The number of carbonyl (C=O) groups excluding carboxylic acids is 2. The van der Waals surface area contributed by atoms with Gasteiger partial charge < -0.3 is 14.7 Å². The van der Waals surface area contributed by atoms with E-state index in [0.29, 0.717) is 30.8 Å². The number of nitrogens with zero attached hydrogens (tertiary/aromatic N) is 6. The fraction of sp³-hybridized carbons (Fsp3) is 0.367. The second kappa shape index (κ2) is 12.0. The molecule has 0 saturated carbocycles. The Labute approximate surface area is 236 Å². The maximum atomic E-state index is 15.0. The van der Waals surface area contributed by atoms with E-state index < -0.39 is 29.5 Å². The van der Waals surface area contributed by atoms with Gasteiger partial charge in [-0.3, -0.25) is 9.59 Å². The van der Waals surface area contributed by atoms with Gasteiger partial charge >= 0.3 is 0 Å². The Morgan fingerprint density at radius 1 is 0.927 bits per heavy atom. The lowest BCUT2D eigenvalue weighted by molar-refractivity contribution is -0.139. The number of nitriles is 1. The molecular weight excluding hydrogens is 533 g/mol. The number of halogens is 3. The summed E-state index contributed by atoms with van der Waals surface area (Å²) in [7, 11) is 0. The Morgan fingerprint density at radius 2 is 1.73 bits per heavy atom. The van der Waals surface area contributed by atoms with E-state index in [-0.39, 0.29) is 55.1 Å². The molecule has 212 valence electrons. The number of amides is 2. The summed E-state index contributed by atoms with van der Waals surface area (Å²) < 4.78 is 43.4. The van der Waals surface area contributed by atoms with Crippen LogP contribution in [0, 0.1) is 34.7 Å². The standard InChI is InChI=1S/C30H29F3N6O2/c1-19(40)39-14-13-37(12-4-7-28(39)23-5-2-3-6-26(23)32)30(41)25-18-38(29-11-9-21(16-34)35-36-29)17-24(25)22-10-8-20(31)15-27(22)33/h2-3,5-6,8-11,15,24-25,28H,4,7,12-14,17-18H2,1H3/t24-,25+,28?/m0/s1. The van der Waals surface area contributed by atoms with Crippen LogP contribution in [0.5, 0.6) is 0 Å². The Balaban J connectivity index is 1.40. The molecule has 0 N–H and O–H groups in total. The number of hydrogen-bond donors (Lipinski definition) is 0. The molecule has 0 spiro atoms. The first-order chi connectivity index (χ1) is 19.8. The third kappa shape index (κ3) is 5.87. The molecule has 8 nitrogen and oxygen atoms in total. The van der Waals surface area contributed by atoms with Crippen molar-refractivity contribution in [1.29, 1.82) is 5.26 Å². The number of carbonyl (C=O) groups is 2. The minimum absolute atomic E-state index is 0.144.